The summed E-state index contributed by atoms with van der Waals surface area (Å²) in [6.07, 6.45) is 5.33. The van der Waals surface area contributed by atoms with Gasteiger partial charge in [-0.2, -0.15) is 0 Å². The molecule has 7 nitrogen and oxygen atoms in total. The van der Waals surface area contributed by atoms with Crippen molar-refractivity contribution in [1.82, 2.24) is 19.7 Å². The minimum Gasteiger partial charge on any atom is -0.352 e. The number of anilines is 1. The molecule has 162 valence electrons. The van der Waals surface area contributed by atoms with Gasteiger partial charge in [0.1, 0.15) is 0 Å². The Morgan fingerprint density at radius 3 is 2.56 bits per heavy atom. The number of carbonyl (C=O) groups is 2. The molecule has 4 rings (SSSR count). The topological polar surface area (TPSA) is 88.4 Å². The number of hydrogen-bond acceptors (Lipinski definition) is 4. The number of aromatic nitrogens is 3. The lowest BCUT2D eigenvalue weighted by Crippen LogP contribution is -2.25. The first-order valence-corrected chi connectivity index (χ1v) is 10.6. The summed E-state index contributed by atoms with van der Waals surface area (Å²) in [6.45, 7) is 2.22. The Morgan fingerprint density at radius 1 is 1.06 bits per heavy atom. The van der Waals surface area contributed by atoms with E-state index in [2.05, 4.69) is 20.6 Å². The zero-order chi connectivity index (χ0) is 22.7. The van der Waals surface area contributed by atoms with Crippen molar-refractivity contribution in [3.8, 4) is 0 Å². The van der Waals surface area contributed by atoms with Crippen LogP contribution < -0.4 is 10.6 Å². The third kappa shape index (κ3) is 4.59. The molecule has 2 amide bonds. The number of aryl methyl sites for hydroxylation is 1. The fourth-order valence-corrected chi connectivity index (χ4v) is 3.93. The molecule has 9 heteroatoms. The third-order valence-electron chi connectivity index (χ3n) is 4.93. The minimum absolute atomic E-state index is 0.140. The van der Waals surface area contributed by atoms with E-state index in [9.17, 15) is 9.59 Å². The predicted octanol–water partition coefficient (Wildman–Crippen LogP) is 4.46. The van der Waals surface area contributed by atoms with Gasteiger partial charge < -0.3 is 15.0 Å². The van der Waals surface area contributed by atoms with Gasteiger partial charge in [0.25, 0.3) is 5.91 Å². The van der Waals surface area contributed by atoms with E-state index in [-0.39, 0.29) is 27.9 Å². The lowest BCUT2D eigenvalue weighted by molar-refractivity contribution is -0.120. The van der Waals surface area contributed by atoms with Gasteiger partial charge in [0.2, 0.25) is 5.91 Å². The van der Waals surface area contributed by atoms with Crippen LogP contribution >= 0.6 is 23.2 Å². The fourth-order valence-electron chi connectivity index (χ4n) is 3.36. The zero-order valence-corrected chi connectivity index (χ0v) is 18.6. The molecule has 0 bridgehead atoms. The molecule has 0 aliphatic heterocycles. The van der Waals surface area contributed by atoms with Crippen molar-refractivity contribution in [1.29, 1.82) is 0 Å². The second-order valence-electron chi connectivity index (χ2n) is 7.12. The molecule has 1 aromatic carbocycles. The molecule has 0 atom stereocenters. The van der Waals surface area contributed by atoms with E-state index in [0.29, 0.717) is 23.6 Å². The van der Waals surface area contributed by atoms with Crippen LogP contribution in [0, 0.1) is 6.92 Å². The van der Waals surface area contributed by atoms with Crippen LogP contribution in [0.3, 0.4) is 0 Å². The van der Waals surface area contributed by atoms with Crippen LogP contribution in [0.1, 0.15) is 27.3 Å². The molecule has 2 N–H and O–H groups in total. The van der Waals surface area contributed by atoms with Crippen LogP contribution in [-0.4, -0.2) is 26.2 Å². The Kier molecular flexibility index (Phi) is 6.39. The zero-order valence-electron chi connectivity index (χ0n) is 17.1. The van der Waals surface area contributed by atoms with Gasteiger partial charge in [-0.25, -0.2) is 4.98 Å². The van der Waals surface area contributed by atoms with Gasteiger partial charge >= 0.3 is 0 Å². The number of carbonyl (C=O) groups excluding carboxylic acids is 2. The Hall–Kier alpha value is -3.42. The number of nitrogens with one attached hydrogen (secondary N) is 2. The normalized spacial score (nSPS) is 10.8. The molecule has 4 aromatic rings. The van der Waals surface area contributed by atoms with E-state index < -0.39 is 5.91 Å². The third-order valence-corrected chi connectivity index (χ3v) is 5.56. The molecule has 0 saturated heterocycles. The summed E-state index contributed by atoms with van der Waals surface area (Å²) in [7, 11) is 0. The number of amides is 2. The number of halogens is 2. The van der Waals surface area contributed by atoms with Crippen molar-refractivity contribution in [2.75, 3.05) is 5.32 Å². The lowest BCUT2D eigenvalue weighted by Gasteiger charge is -2.10. The SMILES string of the molecule is Cc1nc2c(NC(=O)c3c(Cl)cccc3Cl)cccn2c1CC(=O)NCc1cccnc1. The minimum atomic E-state index is -0.440. The summed E-state index contributed by atoms with van der Waals surface area (Å²) >= 11 is 12.3. The van der Waals surface area contributed by atoms with Gasteiger partial charge in [0.15, 0.2) is 5.65 Å². The number of imidazole rings is 1. The summed E-state index contributed by atoms with van der Waals surface area (Å²) in [5.41, 5.74) is 3.54. The average molecular weight is 468 g/mol. The first kappa shape index (κ1) is 21.8. The number of pyridine rings is 2. The number of hydrogen-bond donors (Lipinski definition) is 2. The van der Waals surface area contributed by atoms with Crippen LogP contribution in [0.15, 0.2) is 61.1 Å². The van der Waals surface area contributed by atoms with Gasteiger partial charge in [0, 0.05) is 25.1 Å². The van der Waals surface area contributed by atoms with Gasteiger partial charge in [-0.15, -0.1) is 0 Å². The molecule has 0 aliphatic carbocycles. The molecular formula is C23H19Cl2N5O2. The highest BCUT2D eigenvalue weighted by Gasteiger charge is 2.19. The average Bonchev–Trinajstić information content (AvgIpc) is 3.09. The van der Waals surface area contributed by atoms with Crippen molar-refractivity contribution < 1.29 is 9.59 Å². The summed E-state index contributed by atoms with van der Waals surface area (Å²) in [5.74, 6) is -0.582. The predicted molar refractivity (Wildman–Crippen MR) is 124 cm³/mol. The molecule has 3 heterocycles. The smallest absolute Gasteiger partial charge is 0.258 e. The number of fused-ring (bicyclic) bond motifs is 1. The van der Waals surface area contributed by atoms with Gasteiger partial charge in [-0.3, -0.25) is 14.6 Å². The van der Waals surface area contributed by atoms with Gasteiger partial charge in [-0.05, 0) is 42.8 Å². The second kappa shape index (κ2) is 9.38. The highest BCUT2D eigenvalue weighted by atomic mass is 35.5. The first-order chi connectivity index (χ1) is 15.4. The van der Waals surface area contributed by atoms with Gasteiger partial charge in [0.05, 0.1) is 39.1 Å². The quantitative estimate of drug-likeness (QED) is 0.438. The van der Waals surface area contributed by atoms with E-state index in [1.165, 1.54) is 0 Å². The number of rotatable bonds is 6. The fraction of sp³-hybridized carbons (Fsp3) is 0.130. The second-order valence-corrected chi connectivity index (χ2v) is 7.94. The summed E-state index contributed by atoms with van der Waals surface area (Å²) in [4.78, 5) is 33.9. The Balaban J connectivity index is 1.55. The van der Waals surface area contributed by atoms with E-state index in [1.807, 2.05) is 19.1 Å². The highest BCUT2D eigenvalue weighted by Crippen LogP contribution is 2.27. The number of nitrogens with zero attached hydrogens (tertiary/aromatic N) is 3. The van der Waals surface area contributed by atoms with Crippen molar-refractivity contribution in [3.63, 3.8) is 0 Å². The van der Waals surface area contributed by atoms with Crippen molar-refractivity contribution in [2.45, 2.75) is 19.9 Å². The van der Waals surface area contributed by atoms with Crippen LogP contribution in [0.2, 0.25) is 10.0 Å². The standard InChI is InChI=1S/C23H19Cl2N5O2/c1-14-19(11-20(31)27-13-15-5-3-9-26-12-15)30-10-4-8-18(22(30)28-14)29-23(32)21-16(24)6-2-7-17(21)25/h2-10,12H,11,13H2,1H3,(H,27,31)(H,29,32). The Bertz CT molecular complexity index is 1280. The van der Waals surface area contributed by atoms with E-state index >= 15 is 0 Å². The van der Waals surface area contributed by atoms with E-state index in [4.69, 9.17) is 23.2 Å². The lowest BCUT2D eigenvalue weighted by atomic mass is 10.2. The maximum atomic E-state index is 12.8. The Morgan fingerprint density at radius 2 is 1.84 bits per heavy atom. The first-order valence-electron chi connectivity index (χ1n) is 9.81. The van der Waals surface area contributed by atoms with E-state index in [1.54, 1.807) is 53.3 Å². The van der Waals surface area contributed by atoms with Crippen molar-refractivity contribution >= 4 is 46.4 Å². The maximum Gasteiger partial charge on any atom is 0.258 e. The monoisotopic (exact) mass is 467 g/mol. The molecule has 0 fully saturated rings. The van der Waals surface area contributed by atoms with E-state index in [0.717, 1.165) is 11.3 Å². The Labute approximate surface area is 194 Å². The molecular weight excluding hydrogens is 449 g/mol. The maximum absolute atomic E-state index is 12.8. The molecule has 32 heavy (non-hydrogen) atoms. The van der Waals surface area contributed by atoms with Crippen LogP contribution in [0.25, 0.3) is 5.65 Å². The summed E-state index contributed by atoms with van der Waals surface area (Å²) in [5, 5.41) is 6.23. The molecule has 0 spiro atoms. The number of benzene rings is 1. The molecule has 0 aliphatic rings. The molecule has 3 aromatic heterocycles. The summed E-state index contributed by atoms with van der Waals surface area (Å²) < 4.78 is 1.79. The highest BCUT2D eigenvalue weighted by molar-refractivity contribution is 6.40. The van der Waals surface area contributed by atoms with Crippen molar-refractivity contribution in [3.05, 3.63) is 93.6 Å². The van der Waals surface area contributed by atoms with Crippen LogP contribution in [0.5, 0.6) is 0 Å². The summed E-state index contributed by atoms with van der Waals surface area (Å²) in [6, 6.07) is 12.1. The molecule has 0 radical (unpaired) electrons. The molecule has 0 unspecified atom stereocenters. The van der Waals surface area contributed by atoms with Crippen molar-refractivity contribution in [2.24, 2.45) is 0 Å². The van der Waals surface area contributed by atoms with Crippen LogP contribution in [-0.2, 0) is 17.8 Å². The van der Waals surface area contributed by atoms with Gasteiger partial charge in [-0.1, -0.05) is 35.3 Å². The van der Waals surface area contributed by atoms with Crippen LogP contribution in [0.4, 0.5) is 5.69 Å². The largest absolute Gasteiger partial charge is 0.352 e. The molecule has 0 saturated carbocycles.